The molecule has 1 fully saturated rings. The molecule has 154 valence electrons. The summed E-state index contributed by atoms with van der Waals surface area (Å²) in [5.74, 6) is 0.197. The number of nitrogens with zero attached hydrogens (tertiary/aromatic N) is 2. The van der Waals surface area contributed by atoms with Gasteiger partial charge in [0.1, 0.15) is 0 Å². The van der Waals surface area contributed by atoms with Gasteiger partial charge in [0.25, 0.3) is 0 Å². The number of aryl methyl sites for hydroxylation is 3. The van der Waals surface area contributed by atoms with Crippen molar-refractivity contribution in [3.63, 3.8) is 0 Å². The predicted octanol–water partition coefficient (Wildman–Crippen LogP) is 3.33. The summed E-state index contributed by atoms with van der Waals surface area (Å²) in [6.07, 6.45) is 1.31. The Morgan fingerprint density at radius 3 is 2.31 bits per heavy atom. The van der Waals surface area contributed by atoms with Crippen molar-refractivity contribution < 1.29 is 9.59 Å². The van der Waals surface area contributed by atoms with Gasteiger partial charge < -0.3 is 10.2 Å². The van der Waals surface area contributed by atoms with Crippen molar-refractivity contribution in [1.29, 1.82) is 0 Å². The van der Waals surface area contributed by atoms with Gasteiger partial charge in [-0.05, 0) is 49.9 Å². The largest absolute Gasteiger partial charge is 0.340 e. The van der Waals surface area contributed by atoms with E-state index in [1.807, 2.05) is 36.9 Å². The molecule has 1 aliphatic heterocycles. The normalized spacial score (nSPS) is 14.7. The van der Waals surface area contributed by atoms with Crippen LogP contribution < -0.4 is 5.32 Å². The maximum absolute atomic E-state index is 12.5. The van der Waals surface area contributed by atoms with Gasteiger partial charge in [-0.3, -0.25) is 14.5 Å². The van der Waals surface area contributed by atoms with E-state index in [1.165, 1.54) is 16.7 Å². The van der Waals surface area contributed by atoms with E-state index in [4.69, 9.17) is 0 Å². The number of rotatable bonds is 6. The van der Waals surface area contributed by atoms with Crippen molar-refractivity contribution in [1.82, 2.24) is 9.80 Å². The smallest absolute Gasteiger partial charge is 0.238 e. The third-order valence-corrected chi connectivity index (χ3v) is 5.72. The summed E-state index contributed by atoms with van der Waals surface area (Å²) in [5.41, 5.74) is 5.58. The minimum atomic E-state index is -0.00199. The summed E-state index contributed by atoms with van der Waals surface area (Å²) in [6.45, 7) is 9.32. The molecule has 0 saturated carbocycles. The molecule has 1 N–H and O–H groups in total. The molecule has 0 aliphatic carbocycles. The minimum absolute atomic E-state index is 0.00199. The summed E-state index contributed by atoms with van der Waals surface area (Å²) in [4.78, 5) is 29.0. The first-order valence-corrected chi connectivity index (χ1v) is 10.3. The van der Waals surface area contributed by atoms with Crippen LogP contribution in [0, 0.1) is 20.8 Å². The van der Waals surface area contributed by atoms with E-state index in [1.54, 1.807) is 0 Å². The van der Waals surface area contributed by atoms with Gasteiger partial charge in [-0.25, -0.2) is 0 Å². The number of amides is 2. The van der Waals surface area contributed by atoms with E-state index >= 15 is 0 Å². The van der Waals surface area contributed by atoms with Crippen LogP contribution in [-0.4, -0.2) is 54.3 Å². The van der Waals surface area contributed by atoms with Gasteiger partial charge >= 0.3 is 0 Å². The average molecular weight is 394 g/mol. The number of hydrogen-bond donors (Lipinski definition) is 1. The van der Waals surface area contributed by atoms with Crippen LogP contribution in [0.2, 0.25) is 0 Å². The molecule has 1 heterocycles. The maximum atomic E-state index is 12.5. The van der Waals surface area contributed by atoms with Crippen molar-refractivity contribution in [2.75, 3.05) is 38.0 Å². The summed E-state index contributed by atoms with van der Waals surface area (Å²) in [5, 5.41) is 3.01. The molecule has 2 aromatic carbocycles. The monoisotopic (exact) mass is 393 g/mol. The van der Waals surface area contributed by atoms with E-state index in [2.05, 4.69) is 41.4 Å². The minimum Gasteiger partial charge on any atom is -0.340 e. The predicted molar refractivity (Wildman–Crippen MR) is 117 cm³/mol. The lowest BCUT2D eigenvalue weighted by Gasteiger charge is -2.34. The maximum Gasteiger partial charge on any atom is 0.238 e. The number of hydrogen-bond acceptors (Lipinski definition) is 3. The summed E-state index contributed by atoms with van der Waals surface area (Å²) < 4.78 is 0. The molecular weight excluding hydrogens is 362 g/mol. The van der Waals surface area contributed by atoms with Crippen molar-refractivity contribution in [3.05, 3.63) is 64.7 Å². The average Bonchev–Trinajstić information content (AvgIpc) is 2.71. The fourth-order valence-corrected chi connectivity index (χ4v) is 3.60. The van der Waals surface area contributed by atoms with Crippen molar-refractivity contribution in [2.45, 2.75) is 33.6 Å². The lowest BCUT2D eigenvalue weighted by atomic mass is 10.1. The zero-order valence-corrected chi connectivity index (χ0v) is 17.7. The highest BCUT2D eigenvalue weighted by Crippen LogP contribution is 2.18. The molecule has 5 nitrogen and oxygen atoms in total. The highest BCUT2D eigenvalue weighted by Gasteiger charge is 2.22. The Bertz CT molecular complexity index is 853. The molecule has 0 atom stereocenters. The Morgan fingerprint density at radius 1 is 0.931 bits per heavy atom. The first kappa shape index (κ1) is 21.1. The van der Waals surface area contributed by atoms with Gasteiger partial charge in [0, 0.05) is 38.3 Å². The topological polar surface area (TPSA) is 52.7 Å². The molecule has 0 spiro atoms. The second-order valence-corrected chi connectivity index (χ2v) is 7.94. The Hall–Kier alpha value is -2.66. The number of nitrogens with one attached hydrogen (secondary N) is 1. The van der Waals surface area contributed by atoms with Gasteiger partial charge in [-0.1, -0.05) is 42.0 Å². The zero-order chi connectivity index (χ0) is 20.8. The van der Waals surface area contributed by atoms with Crippen LogP contribution in [0.1, 0.15) is 28.7 Å². The number of anilines is 1. The lowest BCUT2D eigenvalue weighted by molar-refractivity contribution is -0.133. The van der Waals surface area contributed by atoms with E-state index in [-0.39, 0.29) is 11.8 Å². The Balaban J connectivity index is 1.41. The van der Waals surface area contributed by atoms with Crippen molar-refractivity contribution in [2.24, 2.45) is 0 Å². The van der Waals surface area contributed by atoms with E-state index in [9.17, 15) is 9.59 Å². The molecule has 0 bridgehead atoms. The molecular formula is C24H31N3O2. The van der Waals surface area contributed by atoms with Gasteiger partial charge in [-0.2, -0.15) is 0 Å². The van der Waals surface area contributed by atoms with Gasteiger partial charge in [0.2, 0.25) is 11.8 Å². The summed E-state index contributed by atoms with van der Waals surface area (Å²) in [6, 6.07) is 14.3. The number of benzene rings is 2. The second kappa shape index (κ2) is 9.70. The fraction of sp³-hybridized carbons (Fsp3) is 0.417. The quantitative estimate of drug-likeness (QED) is 0.819. The van der Waals surface area contributed by atoms with E-state index < -0.39 is 0 Å². The molecule has 1 aliphatic rings. The molecule has 2 amide bonds. The van der Waals surface area contributed by atoms with Crippen LogP contribution in [0.5, 0.6) is 0 Å². The van der Waals surface area contributed by atoms with Crippen molar-refractivity contribution >= 4 is 17.5 Å². The summed E-state index contributed by atoms with van der Waals surface area (Å²) >= 11 is 0. The fourth-order valence-electron chi connectivity index (χ4n) is 3.60. The van der Waals surface area contributed by atoms with Crippen LogP contribution in [0.4, 0.5) is 5.69 Å². The third-order valence-electron chi connectivity index (χ3n) is 5.72. The molecule has 2 aromatic rings. The molecule has 0 unspecified atom stereocenters. The van der Waals surface area contributed by atoms with Crippen LogP contribution in [0.15, 0.2) is 42.5 Å². The van der Waals surface area contributed by atoms with Gasteiger partial charge in [0.05, 0.1) is 6.54 Å². The molecule has 0 radical (unpaired) electrons. The molecule has 1 saturated heterocycles. The SMILES string of the molecule is Cc1ccc(CCC(=O)N2CCN(CC(=O)Nc3cccc(C)c3C)CC2)cc1. The molecule has 29 heavy (non-hydrogen) atoms. The molecule has 3 rings (SSSR count). The Morgan fingerprint density at radius 2 is 1.62 bits per heavy atom. The van der Waals surface area contributed by atoms with Crippen LogP contribution in [-0.2, 0) is 16.0 Å². The Kier molecular flexibility index (Phi) is 7.04. The van der Waals surface area contributed by atoms with E-state index in [0.29, 0.717) is 26.1 Å². The lowest BCUT2D eigenvalue weighted by Crippen LogP contribution is -2.50. The first-order chi connectivity index (χ1) is 13.9. The number of carbonyl (C=O) groups is 2. The van der Waals surface area contributed by atoms with Crippen LogP contribution in [0.25, 0.3) is 0 Å². The highest BCUT2D eigenvalue weighted by atomic mass is 16.2. The Labute approximate surface area is 173 Å². The zero-order valence-electron chi connectivity index (χ0n) is 17.7. The highest BCUT2D eigenvalue weighted by molar-refractivity contribution is 5.93. The van der Waals surface area contributed by atoms with Crippen LogP contribution >= 0.6 is 0 Å². The van der Waals surface area contributed by atoms with Crippen LogP contribution in [0.3, 0.4) is 0 Å². The van der Waals surface area contributed by atoms with Crippen molar-refractivity contribution in [3.8, 4) is 0 Å². The number of piperazine rings is 1. The third kappa shape index (κ3) is 5.91. The molecule has 0 aromatic heterocycles. The number of carbonyl (C=O) groups excluding carboxylic acids is 2. The molecule has 5 heteroatoms. The van der Waals surface area contributed by atoms with Gasteiger partial charge in [-0.15, -0.1) is 0 Å². The first-order valence-electron chi connectivity index (χ1n) is 10.3. The standard InChI is InChI=1S/C24H31N3O2/c1-18-7-9-21(10-8-18)11-12-24(29)27-15-13-26(14-16-27)17-23(28)25-22-6-4-5-19(2)20(22)3/h4-10H,11-17H2,1-3H3,(H,25,28). The summed E-state index contributed by atoms with van der Waals surface area (Å²) in [7, 11) is 0. The van der Waals surface area contributed by atoms with E-state index in [0.717, 1.165) is 30.8 Å². The van der Waals surface area contributed by atoms with Gasteiger partial charge in [0.15, 0.2) is 0 Å². The second-order valence-electron chi connectivity index (χ2n) is 7.94.